The number of hydrogen-bond donors (Lipinski definition) is 1. The van der Waals surface area contributed by atoms with Gasteiger partial charge in [-0.3, -0.25) is 9.59 Å². The van der Waals surface area contributed by atoms with E-state index < -0.39 is 6.04 Å². The third-order valence-corrected chi connectivity index (χ3v) is 6.50. The number of nitrogens with zero attached hydrogens (tertiary/aromatic N) is 1. The molecular weight excluding hydrogens is 431 g/mol. The van der Waals surface area contributed by atoms with Crippen LogP contribution in [0.15, 0.2) is 48.5 Å². The van der Waals surface area contributed by atoms with Crippen molar-refractivity contribution >= 4 is 11.8 Å². The zero-order valence-corrected chi connectivity index (χ0v) is 20.6. The van der Waals surface area contributed by atoms with Crippen molar-refractivity contribution in [1.29, 1.82) is 0 Å². The van der Waals surface area contributed by atoms with Crippen LogP contribution in [0, 0.1) is 5.82 Å². The van der Waals surface area contributed by atoms with E-state index in [0.717, 1.165) is 36.8 Å². The van der Waals surface area contributed by atoms with Crippen molar-refractivity contribution in [2.75, 3.05) is 6.61 Å². The molecular formula is C28H37FN2O3. The summed E-state index contributed by atoms with van der Waals surface area (Å²) in [5.41, 5.74) is 1.80. The summed E-state index contributed by atoms with van der Waals surface area (Å²) in [5.74, 6) is 0.192. The highest BCUT2D eigenvalue weighted by molar-refractivity contribution is 5.88. The van der Waals surface area contributed by atoms with Crippen LogP contribution in [0.4, 0.5) is 4.39 Å². The Bertz CT molecular complexity index is 939. The van der Waals surface area contributed by atoms with Gasteiger partial charge < -0.3 is 15.0 Å². The van der Waals surface area contributed by atoms with Crippen LogP contribution in [0.1, 0.15) is 76.3 Å². The summed E-state index contributed by atoms with van der Waals surface area (Å²) in [4.78, 5) is 28.2. The summed E-state index contributed by atoms with van der Waals surface area (Å²) < 4.78 is 19.4. The summed E-state index contributed by atoms with van der Waals surface area (Å²) in [5, 5.41) is 3.16. The summed E-state index contributed by atoms with van der Waals surface area (Å²) >= 11 is 0. The molecule has 1 N–H and O–H groups in total. The Labute approximate surface area is 202 Å². The van der Waals surface area contributed by atoms with Gasteiger partial charge in [-0.15, -0.1) is 0 Å². The Morgan fingerprint density at radius 3 is 2.38 bits per heavy atom. The molecule has 34 heavy (non-hydrogen) atoms. The quantitative estimate of drug-likeness (QED) is 0.495. The number of carbonyl (C=O) groups is 2. The monoisotopic (exact) mass is 468 g/mol. The van der Waals surface area contributed by atoms with Crippen molar-refractivity contribution in [3.63, 3.8) is 0 Å². The number of nitrogens with one attached hydrogen (secondary N) is 1. The minimum absolute atomic E-state index is 0.132. The number of rotatable bonds is 10. The molecule has 2 aromatic carbocycles. The van der Waals surface area contributed by atoms with Crippen molar-refractivity contribution in [1.82, 2.24) is 10.2 Å². The Kier molecular flexibility index (Phi) is 9.49. The van der Waals surface area contributed by atoms with E-state index in [1.165, 1.54) is 18.6 Å². The van der Waals surface area contributed by atoms with E-state index in [1.807, 2.05) is 31.2 Å². The lowest BCUT2D eigenvalue weighted by Gasteiger charge is -2.32. The van der Waals surface area contributed by atoms with Gasteiger partial charge in [0.15, 0.2) is 6.61 Å². The molecule has 0 aliphatic heterocycles. The smallest absolute Gasteiger partial charge is 0.261 e. The first kappa shape index (κ1) is 25.7. The Morgan fingerprint density at radius 1 is 1.06 bits per heavy atom. The van der Waals surface area contributed by atoms with Gasteiger partial charge in [-0.25, -0.2) is 4.39 Å². The van der Waals surface area contributed by atoms with Crippen molar-refractivity contribution in [3.8, 4) is 5.75 Å². The molecule has 0 radical (unpaired) electrons. The summed E-state index contributed by atoms with van der Waals surface area (Å²) in [6.07, 6.45) is 5.86. The first-order chi connectivity index (χ1) is 16.4. The van der Waals surface area contributed by atoms with Gasteiger partial charge in [0.05, 0.1) is 0 Å². The average molecular weight is 469 g/mol. The zero-order valence-electron chi connectivity index (χ0n) is 20.6. The lowest BCUT2D eigenvalue weighted by Crippen LogP contribution is -2.52. The second-order valence-corrected chi connectivity index (χ2v) is 9.40. The molecule has 0 bridgehead atoms. The third-order valence-electron chi connectivity index (χ3n) is 6.50. The fourth-order valence-electron chi connectivity index (χ4n) is 4.56. The van der Waals surface area contributed by atoms with Crippen molar-refractivity contribution in [2.45, 2.75) is 83.8 Å². The van der Waals surface area contributed by atoms with Gasteiger partial charge in [-0.05, 0) is 54.5 Å². The molecule has 5 nitrogen and oxygen atoms in total. The minimum Gasteiger partial charge on any atom is -0.483 e. The molecule has 1 aliphatic rings. The van der Waals surface area contributed by atoms with E-state index in [1.54, 1.807) is 17.0 Å². The number of halogens is 1. The van der Waals surface area contributed by atoms with Crippen LogP contribution in [0.2, 0.25) is 0 Å². The SMILES string of the molecule is CCC(C(=O)NC1CCCCC1)N(Cc1ccc(F)cc1)C(=O)COc1ccccc1C(C)C. The number of benzene rings is 2. The van der Waals surface area contributed by atoms with E-state index >= 15 is 0 Å². The predicted molar refractivity (Wildman–Crippen MR) is 132 cm³/mol. The normalized spacial score (nSPS) is 15.1. The minimum atomic E-state index is -0.622. The number of carbonyl (C=O) groups excluding carboxylic acids is 2. The molecule has 1 saturated carbocycles. The molecule has 3 rings (SSSR count). The first-order valence-electron chi connectivity index (χ1n) is 12.4. The molecule has 0 aromatic heterocycles. The van der Waals surface area contributed by atoms with E-state index in [4.69, 9.17) is 4.74 Å². The fourth-order valence-corrected chi connectivity index (χ4v) is 4.56. The van der Waals surface area contributed by atoms with Gasteiger partial charge in [0.2, 0.25) is 5.91 Å². The van der Waals surface area contributed by atoms with Crippen molar-refractivity contribution in [3.05, 3.63) is 65.5 Å². The third kappa shape index (κ3) is 7.05. The van der Waals surface area contributed by atoms with Crippen LogP contribution < -0.4 is 10.1 Å². The molecule has 184 valence electrons. The molecule has 6 heteroatoms. The maximum Gasteiger partial charge on any atom is 0.261 e. The van der Waals surface area contributed by atoms with Gasteiger partial charge in [0, 0.05) is 12.6 Å². The largest absolute Gasteiger partial charge is 0.483 e. The Morgan fingerprint density at radius 2 is 1.74 bits per heavy atom. The predicted octanol–water partition coefficient (Wildman–Crippen LogP) is 5.58. The van der Waals surface area contributed by atoms with Crippen LogP contribution in [-0.2, 0) is 16.1 Å². The number of ether oxygens (including phenoxy) is 1. The van der Waals surface area contributed by atoms with Crippen molar-refractivity contribution in [2.24, 2.45) is 0 Å². The van der Waals surface area contributed by atoms with Crippen LogP contribution >= 0.6 is 0 Å². The molecule has 2 aromatic rings. The van der Waals surface area contributed by atoms with Gasteiger partial charge in [-0.1, -0.05) is 70.4 Å². The summed E-state index contributed by atoms with van der Waals surface area (Å²) in [6, 6.07) is 13.3. The molecule has 0 saturated heterocycles. The van der Waals surface area contributed by atoms with Crippen LogP contribution in [0.3, 0.4) is 0 Å². The van der Waals surface area contributed by atoms with Crippen LogP contribution in [0.5, 0.6) is 5.75 Å². The molecule has 0 heterocycles. The number of para-hydroxylation sites is 1. The molecule has 1 unspecified atom stereocenters. The molecule has 1 fully saturated rings. The topological polar surface area (TPSA) is 58.6 Å². The van der Waals surface area contributed by atoms with E-state index in [-0.39, 0.29) is 42.7 Å². The van der Waals surface area contributed by atoms with Gasteiger partial charge in [0.1, 0.15) is 17.6 Å². The zero-order chi connectivity index (χ0) is 24.5. The first-order valence-corrected chi connectivity index (χ1v) is 12.4. The van der Waals surface area contributed by atoms with Crippen LogP contribution in [-0.4, -0.2) is 35.4 Å². The number of amides is 2. The van der Waals surface area contributed by atoms with Gasteiger partial charge in [-0.2, -0.15) is 0 Å². The fraction of sp³-hybridized carbons (Fsp3) is 0.500. The van der Waals surface area contributed by atoms with E-state index in [2.05, 4.69) is 19.2 Å². The average Bonchev–Trinajstić information content (AvgIpc) is 2.84. The highest BCUT2D eigenvalue weighted by Crippen LogP contribution is 2.26. The van der Waals surface area contributed by atoms with Crippen molar-refractivity contribution < 1.29 is 18.7 Å². The molecule has 0 spiro atoms. The highest BCUT2D eigenvalue weighted by atomic mass is 19.1. The van der Waals surface area contributed by atoms with E-state index in [0.29, 0.717) is 12.2 Å². The standard InChI is InChI=1S/C28H37FN2O3/c1-4-25(28(33)30-23-10-6-5-7-11-23)31(18-21-14-16-22(29)17-15-21)27(32)19-34-26-13-9-8-12-24(26)20(2)3/h8-9,12-17,20,23,25H,4-7,10-11,18-19H2,1-3H3,(H,30,33). The summed E-state index contributed by atoms with van der Waals surface area (Å²) in [6.45, 7) is 6.11. The number of hydrogen-bond acceptors (Lipinski definition) is 3. The Balaban J connectivity index is 1.77. The second-order valence-electron chi connectivity index (χ2n) is 9.40. The summed E-state index contributed by atoms with van der Waals surface area (Å²) in [7, 11) is 0. The second kappa shape index (κ2) is 12.5. The van der Waals surface area contributed by atoms with Gasteiger partial charge in [0.25, 0.3) is 5.91 Å². The maximum atomic E-state index is 13.4. The molecule has 1 aliphatic carbocycles. The molecule has 1 atom stereocenters. The highest BCUT2D eigenvalue weighted by Gasteiger charge is 2.30. The maximum absolute atomic E-state index is 13.4. The van der Waals surface area contributed by atoms with Gasteiger partial charge >= 0.3 is 0 Å². The lowest BCUT2D eigenvalue weighted by atomic mass is 9.95. The molecule has 2 amide bonds. The van der Waals surface area contributed by atoms with Crippen LogP contribution in [0.25, 0.3) is 0 Å². The van der Waals surface area contributed by atoms with E-state index in [9.17, 15) is 14.0 Å². The Hall–Kier alpha value is -2.89. The lowest BCUT2D eigenvalue weighted by molar-refractivity contribution is -0.143.